The van der Waals surface area contributed by atoms with Crippen molar-refractivity contribution in [3.63, 3.8) is 0 Å². The molecule has 0 bridgehead atoms. The van der Waals surface area contributed by atoms with Crippen LogP contribution in [0.4, 0.5) is 0 Å². The van der Waals surface area contributed by atoms with Gasteiger partial charge in [-0.1, -0.05) is 0 Å². The number of rotatable bonds is 5. The number of carbonyl (C=O) groups is 1. The SMILES string of the molecule is Cc1nn(CC(=O)NCCc2cnc[nH]2)c(C)c1C. The van der Waals surface area contributed by atoms with Crippen LogP contribution in [0.15, 0.2) is 12.5 Å². The number of nitrogens with one attached hydrogen (secondary N) is 2. The van der Waals surface area contributed by atoms with E-state index in [1.165, 1.54) is 0 Å². The van der Waals surface area contributed by atoms with Crippen LogP contribution in [0.5, 0.6) is 0 Å². The van der Waals surface area contributed by atoms with Gasteiger partial charge in [-0.05, 0) is 26.3 Å². The fourth-order valence-electron chi connectivity index (χ4n) is 1.89. The standard InChI is InChI=1S/C13H19N5O/c1-9-10(2)17-18(11(9)3)7-13(19)15-5-4-12-6-14-8-16-12/h6,8H,4-5,7H2,1-3H3,(H,14,16)(H,15,19). The minimum atomic E-state index is -0.0230. The van der Waals surface area contributed by atoms with Crippen LogP contribution >= 0.6 is 0 Å². The van der Waals surface area contributed by atoms with Crippen molar-refractivity contribution < 1.29 is 4.79 Å². The van der Waals surface area contributed by atoms with Gasteiger partial charge in [-0.2, -0.15) is 5.10 Å². The minimum absolute atomic E-state index is 0.0230. The van der Waals surface area contributed by atoms with E-state index in [0.717, 1.165) is 29.1 Å². The summed E-state index contributed by atoms with van der Waals surface area (Å²) >= 11 is 0. The van der Waals surface area contributed by atoms with Crippen molar-refractivity contribution in [3.05, 3.63) is 35.2 Å². The van der Waals surface area contributed by atoms with Crippen LogP contribution < -0.4 is 5.32 Å². The summed E-state index contributed by atoms with van der Waals surface area (Å²) in [5.74, 6) is -0.0230. The third kappa shape index (κ3) is 3.21. The number of nitrogens with zero attached hydrogens (tertiary/aromatic N) is 3. The Hall–Kier alpha value is -2.11. The Morgan fingerprint density at radius 1 is 1.42 bits per heavy atom. The van der Waals surface area contributed by atoms with Crippen molar-refractivity contribution >= 4 is 5.91 Å². The number of hydrogen-bond donors (Lipinski definition) is 2. The van der Waals surface area contributed by atoms with Crippen molar-refractivity contribution in [1.29, 1.82) is 0 Å². The number of H-pyrrole nitrogens is 1. The lowest BCUT2D eigenvalue weighted by Gasteiger charge is -2.06. The number of aromatic amines is 1. The predicted molar refractivity (Wildman–Crippen MR) is 71.7 cm³/mol. The highest BCUT2D eigenvalue weighted by atomic mass is 16.2. The number of hydrogen-bond acceptors (Lipinski definition) is 3. The maximum atomic E-state index is 11.8. The van der Waals surface area contributed by atoms with Crippen LogP contribution in [0.2, 0.25) is 0 Å². The average molecular weight is 261 g/mol. The molecule has 0 fully saturated rings. The lowest BCUT2D eigenvalue weighted by atomic mass is 10.2. The molecule has 2 aromatic heterocycles. The van der Waals surface area contributed by atoms with Crippen molar-refractivity contribution in [2.75, 3.05) is 6.54 Å². The summed E-state index contributed by atoms with van der Waals surface area (Å²) in [6, 6.07) is 0. The Bertz CT molecular complexity index is 556. The van der Waals surface area contributed by atoms with Gasteiger partial charge in [0, 0.05) is 30.6 Å². The summed E-state index contributed by atoms with van der Waals surface area (Å²) in [7, 11) is 0. The predicted octanol–water partition coefficient (Wildman–Crippen LogP) is 0.890. The summed E-state index contributed by atoms with van der Waals surface area (Å²) in [6.07, 6.45) is 4.15. The summed E-state index contributed by atoms with van der Waals surface area (Å²) in [6.45, 7) is 6.81. The Labute approximate surface area is 112 Å². The Morgan fingerprint density at radius 3 is 2.79 bits per heavy atom. The Kier molecular flexibility index (Phi) is 3.99. The van der Waals surface area contributed by atoms with E-state index >= 15 is 0 Å². The van der Waals surface area contributed by atoms with E-state index in [1.807, 2.05) is 20.8 Å². The van der Waals surface area contributed by atoms with Crippen LogP contribution in [0.1, 0.15) is 22.6 Å². The average Bonchev–Trinajstić information content (AvgIpc) is 2.96. The molecule has 0 radical (unpaired) electrons. The molecule has 2 heterocycles. The van der Waals surface area contributed by atoms with Crippen LogP contribution in [0, 0.1) is 20.8 Å². The molecule has 102 valence electrons. The first-order chi connectivity index (χ1) is 9.08. The number of imidazole rings is 1. The lowest BCUT2D eigenvalue weighted by Crippen LogP contribution is -2.30. The molecule has 0 atom stereocenters. The molecule has 0 saturated heterocycles. The Balaban J connectivity index is 1.82. The zero-order valence-electron chi connectivity index (χ0n) is 11.5. The van der Waals surface area contributed by atoms with Gasteiger partial charge in [0.25, 0.3) is 0 Å². The highest BCUT2D eigenvalue weighted by Crippen LogP contribution is 2.10. The molecule has 0 aliphatic rings. The molecule has 19 heavy (non-hydrogen) atoms. The molecular formula is C13H19N5O. The second-order valence-electron chi connectivity index (χ2n) is 4.63. The summed E-state index contributed by atoms with van der Waals surface area (Å²) in [5, 5.41) is 7.23. The molecule has 2 aromatic rings. The second-order valence-corrected chi connectivity index (χ2v) is 4.63. The van der Waals surface area contributed by atoms with Crippen molar-refractivity contribution in [3.8, 4) is 0 Å². The highest BCUT2D eigenvalue weighted by molar-refractivity contribution is 5.75. The second kappa shape index (κ2) is 5.69. The van der Waals surface area contributed by atoms with Crippen molar-refractivity contribution in [1.82, 2.24) is 25.1 Å². The van der Waals surface area contributed by atoms with E-state index < -0.39 is 0 Å². The van der Waals surface area contributed by atoms with Crippen LogP contribution in [-0.4, -0.2) is 32.2 Å². The van der Waals surface area contributed by atoms with E-state index in [9.17, 15) is 4.79 Å². The fourth-order valence-corrected chi connectivity index (χ4v) is 1.89. The first-order valence-electron chi connectivity index (χ1n) is 6.32. The first-order valence-corrected chi connectivity index (χ1v) is 6.32. The third-order valence-electron chi connectivity index (χ3n) is 3.31. The maximum Gasteiger partial charge on any atom is 0.241 e. The van der Waals surface area contributed by atoms with E-state index in [2.05, 4.69) is 20.4 Å². The highest BCUT2D eigenvalue weighted by Gasteiger charge is 2.10. The van der Waals surface area contributed by atoms with E-state index in [1.54, 1.807) is 17.2 Å². The Morgan fingerprint density at radius 2 is 2.21 bits per heavy atom. The summed E-state index contributed by atoms with van der Waals surface area (Å²) < 4.78 is 1.75. The van der Waals surface area contributed by atoms with Crippen LogP contribution in [-0.2, 0) is 17.8 Å². The van der Waals surface area contributed by atoms with Crippen LogP contribution in [0.3, 0.4) is 0 Å². The number of aryl methyl sites for hydroxylation is 1. The maximum absolute atomic E-state index is 11.8. The zero-order chi connectivity index (χ0) is 13.8. The van der Waals surface area contributed by atoms with Gasteiger partial charge in [0.15, 0.2) is 0 Å². The van der Waals surface area contributed by atoms with Gasteiger partial charge in [0.05, 0.1) is 12.0 Å². The fraction of sp³-hybridized carbons (Fsp3) is 0.462. The normalized spacial score (nSPS) is 10.7. The molecule has 0 unspecified atom stereocenters. The number of carbonyl (C=O) groups excluding carboxylic acids is 1. The van der Waals surface area contributed by atoms with Gasteiger partial charge < -0.3 is 10.3 Å². The van der Waals surface area contributed by atoms with Gasteiger partial charge in [-0.15, -0.1) is 0 Å². The van der Waals surface area contributed by atoms with Crippen LogP contribution in [0.25, 0.3) is 0 Å². The van der Waals surface area contributed by atoms with E-state index in [4.69, 9.17) is 0 Å². The first kappa shape index (κ1) is 13.3. The molecule has 0 aliphatic heterocycles. The van der Waals surface area contributed by atoms with Gasteiger partial charge in [0.1, 0.15) is 6.54 Å². The minimum Gasteiger partial charge on any atom is -0.354 e. The van der Waals surface area contributed by atoms with Gasteiger partial charge in [-0.25, -0.2) is 4.98 Å². The number of aromatic nitrogens is 4. The largest absolute Gasteiger partial charge is 0.354 e. The molecule has 0 spiro atoms. The monoisotopic (exact) mass is 261 g/mol. The molecule has 2 rings (SSSR count). The van der Waals surface area contributed by atoms with E-state index in [-0.39, 0.29) is 12.5 Å². The van der Waals surface area contributed by atoms with E-state index in [0.29, 0.717) is 6.54 Å². The third-order valence-corrected chi connectivity index (χ3v) is 3.31. The van der Waals surface area contributed by atoms with Crippen molar-refractivity contribution in [2.24, 2.45) is 0 Å². The van der Waals surface area contributed by atoms with Crippen molar-refractivity contribution in [2.45, 2.75) is 33.7 Å². The summed E-state index contributed by atoms with van der Waals surface area (Å²) in [5.41, 5.74) is 4.18. The topological polar surface area (TPSA) is 75.6 Å². The summed E-state index contributed by atoms with van der Waals surface area (Å²) in [4.78, 5) is 18.7. The molecule has 2 N–H and O–H groups in total. The van der Waals surface area contributed by atoms with Gasteiger partial charge in [-0.3, -0.25) is 9.48 Å². The van der Waals surface area contributed by atoms with Gasteiger partial charge >= 0.3 is 0 Å². The zero-order valence-corrected chi connectivity index (χ0v) is 11.5. The smallest absolute Gasteiger partial charge is 0.241 e. The lowest BCUT2D eigenvalue weighted by molar-refractivity contribution is -0.121. The molecule has 0 saturated carbocycles. The quantitative estimate of drug-likeness (QED) is 0.839. The number of amides is 1. The molecule has 0 aliphatic carbocycles. The molecule has 0 aromatic carbocycles. The molecule has 6 nitrogen and oxygen atoms in total. The molecule has 1 amide bonds. The molecular weight excluding hydrogens is 242 g/mol. The molecule has 6 heteroatoms. The van der Waals surface area contributed by atoms with Gasteiger partial charge in [0.2, 0.25) is 5.91 Å².